The van der Waals surface area contributed by atoms with Crippen LogP contribution in [0, 0.1) is 5.92 Å². The van der Waals surface area contributed by atoms with E-state index in [4.69, 9.17) is 5.11 Å². The fraction of sp³-hybridized carbons (Fsp3) is 0.500. The smallest absolute Gasteiger partial charge is 0.416 e. The number of rotatable bonds is 6. The number of Topliss-reactive ketones (excluding diaryl/α,β-unsaturated/α-hetero) is 1. The summed E-state index contributed by atoms with van der Waals surface area (Å²) in [6, 6.07) is 4.00. The van der Waals surface area contributed by atoms with Gasteiger partial charge in [-0.3, -0.25) is 19.2 Å². The van der Waals surface area contributed by atoms with E-state index >= 15 is 0 Å². The number of hydrogen-bond acceptors (Lipinski definition) is 4. The zero-order valence-electron chi connectivity index (χ0n) is 16.0. The van der Waals surface area contributed by atoms with Crippen LogP contribution in [-0.2, 0) is 31.9 Å². The molecule has 1 unspecified atom stereocenters. The van der Waals surface area contributed by atoms with Crippen LogP contribution < -0.4 is 5.32 Å². The summed E-state index contributed by atoms with van der Waals surface area (Å²) in [7, 11) is 0. The molecule has 2 N–H and O–H groups in total. The highest BCUT2D eigenvalue weighted by molar-refractivity contribution is 6.19. The molecule has 1 atom stereocenters. The van der Waals surface area contributed by atoms with Gasteiger partial charge in [0.15, 0.2) is 11.7 Å². The minimum atomic E-state index is -4.53. The van der Waals surface area contributed by atoms with Crippen LogP contribution in [0.15, 0.2) is 18.2 Å². The minimum absolute atomic E-state index is 0.0217. The summed E-state index contributed by atoms with van der Waals surface area (Å²) < 4.78 is 40.6. The number of hydrogen-bond donors (Lipinski definition) is 2. The van der Waals surface area contributed by atoms with Crippen molar-refractivity contribution in [3.8, 4) is 0 Å². The average Bonchev–Trinajstić information content (AvgIpc) is 2.61. The van der Waals surface area contributed by atoms with Gasteiger partial charge in [-0.05, 0) is 36.0 Å². The zero-order chi connectivity index (χ0) is 22.1. The highest BCUT2D eigenvalue weighted by Gasteiger charge is 2.41. The van der Waals surface area contributed by atoms with Crippen LogP contribution >= 0.6 is 0 Å². The van der Waals surface area contributed by atoms with E-state index in [1.807, 2.05) is 5.32 Å². The standard InChI is InChI=1S/C20H21F3N2O5/c21-20(22,23)14-8-11(4-5-13(14)12-2-1-3-12)10-25-7-6-15(26)17(19(25)30)18(29)24-9-16(27)28/h4-5,8,12,17H,1-3,6-7,9-10H2,(H,24,29)(H,27,28). The number of halogens is 3. The number of carboxylic acids is 1. The Morgan fingerprint density at radius 1 is 1.20 bits per heavy atom. The van der Waals surface area contributed by atoms with E-state index in [1.54, 1.807) is 0 Å². The Kier molecular flexibility index (Phi) is 6.14. The summed E-state index contributed by atoms with van der Waals surface area (Å²) in [6.07, 6.45) is -2.35. The van der Waals surface area contributed by atoms with E-state index in [0.717, 1.165) is 17.4 Å². The molecule has 1 aromatic carbocycles. The Bertz CT molecular complexity index is 880. The lowest BCUT2D eigenvalue weighted by atomic mass is 9.77. The van der Waals surface area contributed by atoms with E-state index in [0.29, 0.717) is 12.8 Å². The van der Waals surface area contributed by atoms with Crippen molar-refractivity contribution in [1.82, 2.24) is 10.2 Å². The van der Waals surface area contributed by atoms with Gasteiger partial charge >= 0.3 is 12.1 Å². The van der Waals surface area contributed by atoms with E-state index in [-0.39, 0.29) is 36.6 Å². The first-order valence-electron chi connectivity index (χ1n) is 9.59. The van der Waals surface area contributed by atoms with Gasteiger partial charge < -0.3 is 15.3 Å². The molecule has 1 aliphatic heterocycles. The number of carbonyl (C=O) groups is 4. The number of benzene rings is 1. The second-order valence-electron chi connectivity index (χ2n) is 7.57. The summed E-state index contributed by atoms with van der Waals surface area (Å²) >= 11 is 0. The van der Waals surface area contributed by atoms with Gasteiger partial charge in [0.05, 0.1) is 5.56 Å². The van der Waals surface area contributed by atoms with Gasteiger partial charge in [0, 0.05) is 19.5 Å². The Hall–Kier alpha value is -2.91. The van der Waals surface area contributed by atoms with Crippen LogP contribution in [0.1, 0.15) is 48.3 Å². The van der Waals surface area contributed by atoms with Crippen LogP contribution in [0.25, 0.3) is 0 Å². The first kappa shape index (κ1) is 21.8. The highest BCUT2D eigenvalue weighted by atomic mass is 19.4. The average molecular weight is 426 g/mol. The fourth-order valence-electron chi connectivity index (χ4n) is 3.74. The van der Waals surface area contributed by atoms with E-state index in [9.17, 15) is 32.3 Å². The minimum Gasteiger partial charge on any atom is -0.480 e. The topological polar surface area (TPSA) is 104 Å². The van der Waals surface area contributed by atoms with Crippen molar-refractivity contribution >= 4 is 23.6 Å². The molecule has 0 bridgehead atoms. The lowest BCUT2D eigenvalue weighted by Gasteiger charge is -2.32. The molecule has 2 aliphatic rings. The normalized spacial score (nSPS) is 20.1. The monoisotopic (exact) mass is 426 g/mol. The molecule has 0 aromatic heterocycles. The van der Waals surface area contributed by atoms with Gasteiger partial charge in [0.1, 0.15) is 6.54 Å². The summed E-state index contributed by atoms with van der Waals surface area (Å²) in [4.78, 5) is 48.5. The van der Waals surface area contributed by atoms with Crippen LogP contribution in [0.2, 0.25) is 0 Å². The van der Waals surface area contributed by atoms with Crippen LogP contribution in [0.5, 0.6) is 0 Å². The molecule has 30 heavy (non-hydrogen) atoms. The number of nitrogens with one attached hydrogen (secondary N) is 1. The molecule has 1 aromatic rings. The van der Waals surface area contributed by atoms with Gasteiger partial charge in [-0.2, -0.15) is 13.2 Å². The molecule has 2 fully saturated rings. The Balaban J connectivity index is 1.78. The third-order valence-electron chi connectivity index (χ3n) is 5.53. The summed E-state index contributed by atoms with van der Waals surface area (Å²) in [5, 5.41) is 10.6. The number of ketones is 1. The van der Waals surface area contributed by atoms with Gasteiger partial charge in [-0.1, -0.05) is 18.6 Å². The zero-order valence-corrected chi connectivity index (χ0v) is 16.0. The quantitative estimate of drug-likeness (QED) is 0.678. The summed E-state index contributed by atoms with van der Waals surface area (Å²) in [5.41, 5.74) is -0.220. The predicted molar refractivity (Wildman–Crippen MR) is 97.2 cm³/mol. The number of alkyl halides is 3. The van der Waals surface area contributed by atoms with E-state index in [1.165, 1.54) is 12.1 Å². The van der Waals surface area contributed by atoms with Gasteiger partial charge in [0.25, 0.3) is 0 Å². The van der Waals surface area contributed by atoms with Crippen molar-refractivity contribution in [2.24, 2.45) is 5.92 Å². The number of aliphatic carboxylic acids is 1. The van der Waals surface area contributed by atoms with Crippen molar-refractivity contribution in [3.05, 3.63) is 34.9 Å². The molecule has 3 rings (SSSR count). The number of nitrogens with zero attached hydrogens (tertiary/aromatic N) is 1. The SMILES string of the molecule is O=C(O)CNC(=O)C1C(=O)CCN(Cc2ccc(C3CCC3)c(C(F)(F)F)c2)C1=O. The molecule has 0 spiro atoms. The summed E-state index contributed by atoms with van der Waals surface area (Å²) in [5.74, 6) is -5.64. The van der Waals surface area contributed by atoms with E-state index < -0.39 is 47.8 Å². The summed E-state index contributed by atoms with van der Waals surface area (Å²) in [6.45, 7) is -0.942. The highest BCUT2D eigenvalue weighted by Crippen LogP contribution is 2.43. The predicted octanol–water partition coefficient (Wildman–Crippen LogP) is 2.09. The number of carboxylic acid groups (broad SMARTS) is 1. The molecule has 7 nitrogen and oxygen atoms in total. The number of likely N-dealkylation sites (tertiary alicyclic amines) is 1. The second-order valence-corrected chi connectivity index (χ2v) is 7.57. The molecule has 1 aliphatic carbocycles. The van der Waals surface area contributed by atoms with Crippen molar-refractivity contribution in [2.75, 3.05) is 13.1 Å². The van der Waals surface area contributed by atoms with Crippen molar-refractivity contribution in [1.29, 1.82) is 0 Å². The van der Waals surface area contributed by atoms with E-state index in [2.05, 4.69) is 0 Å². The molecular formula is C20H21F3N2O5. The first-order chi connectivity index (χ1) is 14.1. The lowest BCUT2D eigenvalue weighted by Crippen LogP contribution is -2.52. The maximum absolute atomic E-state index is 13.5. The molecule has 10 heteroatoms. The Labute approximate surface area is 170 Å². The third-order valence-corrected chi connectivity index (χ3v) is 5.53. The largest absolute Gasteiger partial charge is 0.480 e. The molecular weight excluding hydrogens is 405 g/mol. The maximum Gasteiger partial charge on any atom is 0.416 e. The lowest BCUT2D eigenvalue weighted by molar-refractivity contribution is -0.152. The molecule has 1 saturated carbocycles. The van der Waals surface area contributed by atoms with Crippen molar-refractivity contribution in [3.63, 3.8) is 0 Å². The Morgan fingerprint density at radius 2 is 1.90 bits per heavy atom. The van der Waals surface area contributed by atoms with Gasteiger partial charge in [-0.15, -0.1) is 0 Å². The number of piperidine rings is 1. The number of amides is 2. The first-order valence-corrected chi connectivity index (χ1v) is 9.59. The molecule has 0 radical (unpaired) electrons. The molecule has 162 valence electrons. The molecule has 1 saturated heterocycles. The third kappa shape index (κ3) is 4.63. The van der Waals surface area contributed by atoms with Crippen molar-refractivity contribution < 1.29 is 37.5 Å². The fourth-order valence-corrected chi connectivity index (χ4v) is 3.74. The number of carbonyl (C=O) groups excluding carboxylic acids is 3. The maximum atomic E-state index is 13.5. The van der Waals surface area contributed by atoms with Gasteiger partial charge in [0.2, 0.25) is 11.8 Å². The van der Waals surface area contributed by atoms with Gasteiger partial charge in [-0.25, -0.2) is 0 Å². The van der Waals surface area contributed by atoms with Crippen LogP contribution in [-0.4, -0.2) is 46.7 Å². The van der Waals surface area contributed by atoms with Crippen LogP contribution in [0.3, 0.4) is 0 Å². The molecule has 1 heterocycles. The second kappa shape index (κ2) is 8.45. The van der Waals surface area contributed by atoms with Crippen molar-refractivity contribution in [2.45, 2.75) is 44.3 Å². The Morgan fingerprint density at radius 3 is 2.47 bits per heavy atom. The van der Waals surface area contributed by atoms with Crippen LogP contribution in [0.4, 0.5) is 13.2 Å². The molecule has 2 amide bonds.